The molecule has 6 heteroatoms. The van der Waals surface area contributed by atoms with Gasteiger partial charge in [0.05, 0.1) is 18.5 Å². The number of ether oxygens (including phenoxy) is 1. The third-order valence-electron chi connectivity index (χ3n) is 6.22. The van der Waals surface area contributed by atoms with Crippen molar-refractivity contribution >= 4 is 22.5 Å². The number of aromatic nitrogens is 2. The lowest BCUT2D eigenvalue weighted by atomic mass is 10.1. The molecule has 0 radical (unpaired) electrons. The molecule has 1 aliphatic heterocycles. The third-order valence-corrected chi connectivity index (χ3v) is 6.22. The molecule has 1 aromatic heterocycles. The number of anilines is 1. The number of nitrogens with zero attached hydrogens (tertiary/aromatic N) is 3. The summed E-state index contributed by atoms with van der Waals surface area (Å²) in [5, 5.41) is 8.79. The Labute approximate surface area is 200 Å². The fourth-order valence-electron chi connectivity index (χ4n) is 4.34. The van der Waals surface area contributed by atoms with Crippen LogP contribution in [0.1, 0.15) is 24.0 Å². The fraction of sp³-hybridized carbons (Fsp3) is 0.286. The Morgan fingerprint density at radius 3 is 2.50 bits per heavy atom. The summed E-state index contributed by atoms with van der Waals surface area (Å²) in [6.45, 7) is 4.84. The molecule has 0 bridgehead atoms. The number of fused-ring (bicyclic) bond motifs is 1. The van der Waals surface area contributed by atoms with E-state index < -0.39 is 0 Å². The zero-order valence-corrected chi connectivity index (χ0v) is 19.3. The van der Waals surface area contributed by atoms with Crippen LogP contribution in [0.4, 0.5) is 5.69 Å². The van der Waals surface area contributed by atoms with Crippen LogP contribution in [0.5, 0.6) is 5.75 Å². The Kier molecular flexibility index (Phi) is 6.86. The summed E-state index contributed by atoms with van der Waals surface area (Å²) in [5.74, 6) is 0.740. The molecular weight excluding hydrogens is 424 g/mol. The maximum atomic E-state index is 12.6. The number of benzene rings is 3. The van der Waals surface area contributed by atoms with Gasteiger partial charge in [0, 0.05) is 23.8 Å². The van der Waals surface area contributed by atoms with Crippen LogP contribution in [-0.2, 0) is 24.4 Å². The first kappa shape index (κ1) is 22.2. The van der Waals surface area contributed by atoms with E-state index in [-0.39, 0.29) is 5.91 Å². The van der Waals surface area contributed by atoms with E-state index in [9.17, 15) is 4.79 Å². The molecule has 1 aliphatic rings. The maximum absolute atomic E-state index is 12.6. The predicted molar refractivity (Wildman–Crippen MR) is 135 cm³/mol. The molecule has 1 amide bonds. The van der Waals surface area contributed by atoms with Crippen LogP contribution in [0.15, 0.2) is 79.0 Å². The minimum atomic E-state index is -0.0502. The van der Waals surface area contributed by atoms with Crippen molar-refractivity contribution in [2.45, 2.75) is 32.4 Å². The monoisotopic (exact) mass is 454 g/mol. The molecule has 6 nitrogen and oxygen atoms in total. The van der Waals surface area contributed by atoms with E-state index in [1.165, 1.54) is 25.9 Å². The molecule has 3 aromatic carbocycles. The molecule has 2 heterocycles. The lowest BCUT2D eigenvalue weighted by Crippen LogP contribution is -2.24. The topological polar surface area (TPSA) is 59.4 Å². The van der Waals surface area contributed by atoms with Crippen LogP contribution < -0.4 is 10.1 Å². The van der Waals surface area contributed by atoms with Gasteiger partial charge in [-0.3, -0.25) is 9.48 Å². The molecule has 5 rings (SSSR count). The van der Waals surface area contributed by atoms with Crippen molar-refractivity contribution in [2.75, 3.05) is 25.0 Å². The predicted octanol–water partition coefficient (Wildman–Crippen LogP) is 4.89. The van der Waals surface area contributed by atoms with Crippen molar-refractivity contribution in [1.82, 2.24) is 14.7 Å². The van der Waals surface area contributed by atoms with Crippen molar-refractivity contribution < 1.29 is 9.53 Å². The summed E-state index contributed by atoms with van der Waals surface area (Å²) in [7, 11) is 0. The van der Waals surface area contributed by atoms with Crippen LogP contribution >= 0.6 is 0 Å². The summed E-state index contributed by atoms with van der Waals surface area (Å²) in [6, 6.07) is 23.7. The van der Waals surface area contributed by atoms with Crippen LogP contribution in [0.2, 0.25) is 0 Å². The molecule has 1 fully saturated rings. The molecule has 34 heavy (non-hydrogen) atoms. The van der Waals surface area contributed by atoms with E-state index in [1.54, 1.807) is 0 Å². The van der Waals surface area contributed by atoms with Crippen molar-refractivity contribution in [3.05, 3.63) is 90.1 Å². The van der Waals surface area contributed by atoms with Gasteiger partial charge in [-0.25, -0.2) is 0 Å². The Morgan fingerprint density at radius 1 is 0.912 bits per heavy atom. The van der Waals surface area contributed by atoms with E-state index in [0.717, 1.165) is 46.6 Å². The van der Waals surface area contributed by atoms with Gasteiger partial charge >= 0.3 is 0 Å². The zero-order valence-electron chi connectivity index (χ0n) is 19.3. The summed E-state index contributed by atoms with van der Waals surface area (Å²) >= 11 is 0. The highest BCUT2D eigenvalue weighted by Crippen LogP contribution is 2.19. The van der Waals surface area contributed by atoms with Gasteiger partial charge < -0.3 is 15.0 Å². The molecule has 174 valence electrons. The quantitative estimate of drug-likeness (QED) is 0.391. The first-order valence-electron chi connectivity index (χ1n) is 12.0. The summed E-state index contributed by atoms with van der Waals surface area (Å²) < 4.78 is 7.83. The number of amides is 1. The van der Waals surface area contributed by atoms with Gasteiger partial charge in [-0.05, 0) is 67.4 Å². The molecule has 1 N–H and O–H groups in total. The van der Waals surface area contributed by atoms with E-state index >= 15 is 0 Å². The second-order valence-electron chi connectivity index (χ2n) is 8.86. The minimum absolute atomic E-state index is 0.0502. The van der Waals surface area contributed by atoms with Crippen molar-refractivity contribution in [1.29, 1.82) is 0 Å². The molecular formula is C28H30N4O2. The zero-order chi connectivity index (χ0) is 23.2. The van der Waals surface area contributed by atoms with E-state index in [2.05, 4.69) is 16.4 Å². The highest BCUT2D eigenvalue weighted by molar-refractivity contribution is 5.94. The second kappa shape index (κ2) is 10.5. The summed E-state index contributed by atoms with van der Waals surface area (Å²) in [6.07, 6.45) is 4.99. The average molecular weight is 455 g/mol. The molecule has 0 saturated carbocycles. The number of hydrogen-bond acceptors (Lipinski definition) is 4. The average Bonchev–Trinajstić information content (AvgIpc) is 3.52. The van der Waals surface area contributed by atoms with Gasteiger partial charge in [0.25, 0.3) is 0 Å². The van der Waals surface area contributed by atoms with E-state index in [1.807, 2.05) is 77.5 Å². The van der Waals surface area contributed by atoms with Crippen LogP contribution in [-0.4, -0.2) is 40.2 Å². The molecule has 0 unspecified atom stereocenters. The normalized spacial score (nSPS) is 13.9. The summed E-state index contributed by atoms with van der Waals surface area (Å²) in [4.78, 5) is 15.1. The largest absolute Gasteiger partial charge is 0.489 e. The molecule has 0 aliphatic carbocycles. The molecule has 4 aromatic rings. The lowest BCUT2D eigenvalue weighted by molar-refractivity contribution is -0.115. The SMILES string of the molecule is O=C(Cc1ccc(OCc2ccccc2)cc1)Nc1ccc2cn(CCN3CCCC3)nc2c1. The van der Waals surface area contributed by atoms with Gasteiger partial charge in [0.2, 0.25) is 5.91 Å². The summed E-state index contributed by atoms with van der Waals surface area (Å²) in [5.41, 5.74) is 3.74. The first-order valence-corrected chi connectivity index (χ1v) is 12.0. The van der Waals surface area contributed by atoms with Crippen LogP contribution in [0, 0.1) is 0 Å². The fourth-order valence-corrected chi connectivity index (χ4v) is 4.34. The highest BCUT2D eigenvalue weighted by Gasteiger charge is 2.12. The van der Waals surface area contributed by atoms with Crippen molar-refractivity contribution in [3.63, 3.8) is 0 Å². The van der Waals surface area contributed by atoms with E-state index in [4.69, 9.17) is 9.84 Å². The standard InChI is InChI=1S/C28H30N4O2/c33-28(18-22-8-12-26(13-9-22)34-21-23-6-2-1-3-7-23)29-25-11-10-24-20-32(30-27(24)19-25)17-16-31-14-4-5-15-31/h1-3,6-13,19-20H,4-5,14-18,21H2,(H,29,33). The van der Waals surface area contributed by atoms with E-state index in [0.29, 0.717) is 13.0 Å². The number of nitrogens with one attached hydrogen (secondary N) is 1. The highest BCUT2D eigenvalue weighted by atomic mass is 16.5. The smallest absolute Gasteiger partial charge is 0.228 e. The molecule has 0 spiro atoms. The van der Waals surface area contributed by atoms with Crippen molar-refractivity contribution in [3.8, 4) is 5.75 Å². The Hall–Kier alpha value is -3.64. The Bertz CT molecular complexity index is 1230. The number of rotatable bonds is 9. The lowest BCUT2D eigenvalue weighted by Gasteiger charge is -2.13. The van der Waals surface area contributed by atoms with Gasteiger partial charge in [0.1, 0.15) is 12.4 Å². The Morgan fingerprint density at radius 2 is 1.71 bits per heavy atom. The molecule has 0 atom stereocenters. The van der Waals surface area contributed by atoms with Crippen molar-refractivity contribution in [2.24, 2.45) is 0 Å². The maximum Gasteiger partial charge on any atom is 0.228 e. The van der Waals surface area contributed by atoms with Crippen LogP contribution in [0.25, 0.3) is 10.9 Å². The number of likely N-dealkylation sites (tertiary alicyclic amines) is 1. The number of hydrogen-bond donors (Lipinski definition) is 1. The first-order chi connectivity index (χ1) is 16.7. The van der Waals surface area contributed by atoms with Gasteiger partial charge in [-0.1, -0.05) is 42.5 Å². The van der Waals surface area contributed by atoms with Gasteiger partial charge in [-0.2, -0.15) is 5.10 Å². The third kappa shape index (κ3) is 5.83. The Balaban J connectivity index is 1.13. The molecule has 1 saturated heterocycles. The number of carbonyl (C=O) groups is 1. The number of carbonyl (C=O) groups excluding carboxylic acids is 1. The second-order valence-corrected chi connectivity index (χ2v) is 8.86. The van der Waals surface area contributed by atoms with Gasteiger partial charge in [0.15, 0.2) is 0 Å². The minimum Gasteiger partial charge on any atom is -0.489 e. The van der Waals surface area contributed by atoms with Crippen LogP contribution in [0.3, 0.4) is 0 Å². The van der Waals surface area contributed by atoms with Gasteiger partial charge in [-0.15, -0.1) is 0 Å².